The summed E-state index contributed by atoms with van der Waals surface area (Å²) in [5, 5.41) is 31.7. The Bertz CT molecular complexity index is 1240. The Balaban J connectivity index is 2.44. The third-order valence-corrected chi connectivity index (χ3v) is 5.80. The summed E-state index contributed by atoms with van der Waals surface area (Å²) in [5.74, 6) is -1.60. The number of benzene rings is 1. The highest BCUT2D eigenvalue weighted by atomic mass is 16.3. The second-order valence-electron chi connectivity index (χ2n) is 8.24. The number of aromatic hydroxyl groups is 2. The molecule has 2 aromatic rings. The lowest BCUT2D eigenvalue weighted by atomic mass is 9.67. The van der Waals surface area contributed by atoms with E-state index >= 15 is 0 Å². The average Bonchev–Trinajstić information content (AvgIpc) is 2.73. The number of phenols is 2. The molecule has 0 aliphatic heterocycles. The van der Waals surface area contributed by atoms with Gasteiger partial charge in [-0.05, 0) is 47.0 Å². The van der Waals surface area contributed by atoms with Crippen LogP contribution < -0.4 is 5.43 Å². The first-order valence-corrected chi connectivity index (χ1v) is 10.5. The van der Waals surface area contributed by atoms with Gasteiger partial charge < -0.3 is 19.7 Å². The summed E-state index contributed by atoms with van der Waals surface area (Å²) in [5.41, 5.74) is -0.648. The van der Waals surface area contributed by atoms with Crippen LogP contribution in [0.3, 0.4) is 0 Å². The summed E-state index contributed by atoms with van der Waals surface area (Å²) in [6.07, 6.45) is 10.6. The molecule has 6 heteroatoms. The van der Waals surface area contributed by atoms with Crippen molar-refractivity contribution in [2.24, 2.45) is 0 Å². The van der Waals surface area contributed by atoms with Crippen LogP contribution in [0.15, 0.2) is 57.0 Å². The number of aliphatic hydroxyl groups is 1. The Morgan fingerprint density at radius 1 is 1.06 bits per heavy atom. The van der Waals surface area contributed by atoms with Crippen molar-refractivity contribution in [1.82, 2.24) is 0 Å². The zero-order valence-corrected chi connectivity index (χ0v) is 18.7. The molecular formula is C26H28O6. The maximum Gasteiger partial charge on any atom is 0.208 e. The molecule has 0 amide bonds. The lowest BCUT2D eigenvalue weighted by Crippen LogP contribution is -2.43. The van der Waals surface area contributed by atoms with Gasteiger partial charge in [-0.1, -0.05) is 36.0 Å². The minimum Gasteiger partial charge on any atom is -0.507 e. The molecule has 1 aromatic heterocycles. The van der Waals surface area contributed by atoms with Crippen LogP contribution in [0.2, 0.25) is 0 Å². The van der Waals surface area contributed by atoms with Gasteiger partial charge in [-0.3, -0.25) is 9.59 Å². The monoisotopic (exact) mass is 436 g/mol. The van der Waals surface area contributed by atoms with Crippen molar-refractivity contribution in [3.05, 3.63) is 74.9 Å². The van der Waals surface area contributed by atoms with Crippen molar-refractivity contribution in [3.8, 4) is 11.5 Å². The number of carbonyl (C=O) groups is 1. The Hall–Kier alpha value is -3.54. The van der Waals surface area contributed by atoms with Gasteiger partial charge in [0.05, 0.1) is 11.0 Å². The number of carbonyl (C=O) groups excluding carboxylic acids is 1. The van der Waals surface area contributed by atoms with Gasteiger partial charge in [0.1, 0.15) is 28.2 Å². The summed E-state index contributed by atoms with van der Waals surface area (Å²) in [7, 11) is 0. The first-order valence-electron chi connectivity index (χ1n) is 10.5. The van der Waals surface area contributed by atoms with Crippen molar-refractivity contribution >= 4 is 22.8 Å². The first-order chi connectivity index (χ1) is 15.2. The normalized spacial score (nSPS) is 18.4. The molecule has 32 heavy (non-hydrogen) atoms. The number of ketones is 1. The second kappa shape index (κ2) is 8.91. The number of rotatable bonds is 6. The van der Waals surface area contributed by atoms with Crippen LogP contribution in [0.5, 0.6) is 11.5 Å². The number of hydrogen-bond acceptors (Lipinski definition) is 6. The van der Waals surface area contributed by atoms with E-state index in [-0.39, 0.29) is 58.6 Å². The molecule has 168 valence electrons. The zero-order chi connectivity index (χ0) is 23.6. The van der Waals surface area contributed by atoms with Crippen molar-refractivity contribution < 1.29 is 24.5 Å². The van der Waals surface area contributed by atoms with Gasteiger partial charge in [0.25, 0.3) is 0 Å². The molecular weight excluding hydrogens is 408 g/mol. The highest BCUT2D eigenvalue weighted by Gasteiger charge is 2.47. The fourth-order valence-corrected chi connectivity index (χ4v) is 4.10. The smallest absolute Gasteiger partial charge is 0.208 e. The molecule has 0 spiro atoms. The predicted molar refractivity (Wildman–Crippen MR) is 125 cm³/mol. The van der Waals surface area contributed by atoms with Crippen molar-refractivity contribution in [1.29, 1.82) is 0 Å². The van der Waals surface area contributed by atoms with E-state index in [4.69, 9.17) is 4.42 Å². The minimum atomic E-state index is -1.37. The van der Waals surface area contributed by atoms with Gasteiger partial charge >= 0.3 is 0 Å². The summed E-state index contributed by atoms with van der Waals surface area (Å²) in [4.78, 5) is 27.0. The maximum absolute atomic E-state index is 13.8. The van der Waals surface area contributed by atoms with E-state index < -0.39 is 22.4 Å². The van der Waals surface area contributed by atoms with Gasteiger partial charge in [-0.15, -0.1) is 0 Å². The summed E-state index contributed by atoms with van der Waals surface area (Å²) in [6.45, 7) is 7.39. The summed E-state index contributed by atoms with van der Waals surface area (Å²) < 4.78 is 5.87. The lowest BCUT2D eigenvalue weighted by molar-refractivity contribution is -0.123. The molecule has 3 N–H and O–H groups in total. The fraction of sp³-hybridized carbons (Fsp3) is 0.308. The summed E-state index contributed by atoms with van der Waals surface area (Å²) in [6, 6.07) is 1.28. The Kier molecular flexibility index (Phi) is 6.44. The Labute approximate surface area is 186 Å². The molecule has 1 aliphatic carbocycles. The molecule has 0 atom stereocenters. The maximum atomic E-state index is 13.8. The lowest BCUT2D eigenvalue weighted by Gasteiger charge is -2.33. The van der Waals surface area contributed by atoms with E-state index in [2.05, 4.69) is 0 Å². The molecule has 0 saturated heterocycles. The Morgan fingerprint density at radius 2 is 1.69 bits per heavy atom. The van der Waals surface area contributed by atoms with E-state index in [1.165, 1.54) is 6.07 Å². The van der Waals surface area contributed by atoms with E-state index in [0.29, 0.717) is 0 Å². The second-order valence-corrected chi connectivity index (χ2v) is 8.24. The number of hydrogen-bond donors (Lipinski definition) is 3. The van der Waals surface area contributed by atoms with Gasteiger partial charge in [0.2, 0.25) is 11.2 Å². The van der Waals surface area contributed by atoms with Crippen LogP contribution in [0.25, 0.3) is 17.0 Å². The first kappa shape index (κ1) is 23.1. The van der Waals surface area contributed by atoms with Gasteiger partial charge in [0, 0.05) is 17.7 Å². The number of phenolic OH excluding ortho intramolecular Hbond substituents is 2. The molecule has 0 unspecified atom stereocenters. The number of fused-ring (bicyclic) bond motifs is 2. The quantitative estimate of drug-likeness (QED) is 0.526. The number of allylic oxidation sites excluding steroid dienone is 7. The topological polar surface area (TPSA) is 108 Å². The van der Waals surface area contributed by atoms with Crippen LogP contribution in [0.4, 0.5) is 0 Å². The molecule has 1 aromatic carbocycles. The largest absolute Gasteiger partial charge is 0.507 e. The third-order valence-electron chi connectivity index (χ3n) is 5.80. The van der Waals surface area contributed by atoms with Crippen molar-refractivity contribution in [2.75, 3.05) is 0 Å². The molecule has 1 heterocycles. The van der Waals surface area contributed by atoms with Crippen LogP contribution in [-0.4, -0.2) is 21.1 Å². The van der Waals surface area contributed by atoms with E-state index in [0.717, 1.165) is 11.6 Å². The average molecular weight is 437 g/mol. The predicted octanol–water partition coefficient (Wildman–Crippen LogP) is 5.36. The highest BCUT2D eigenvalue weighted by Crippen LogP contribution is 2.43. The van der Waals surface area contributed by atoms with Gasteiger partial charge in [-0.2, -0.15) is 0 Å². The highest BCUT2D eigenvalue weighted by molar-refractivity contribution is 6.08. The number of aliphatic hydroxyl groups excluding tert-OH is 1. The van der Waals surface area contributed by atoms with Crippen LogP contribution in [-0.2, 0) is 16.6 Å². The Morgan fingerprint density at radius 3 is 2.25 bits per heavy atom. The zero-order valence-electron chi connectivity index (χ0n) is 18.7. The fourth-order valence-electron chi connectivity index (χ4n) is 4.10. The van der Waals surface area contributed by atoms with Gasteiger partial charge in [-0.25, -0.2) is 0 Å². The van der Waals surface area contributed by atoms with Gasteiger partial charge in [0.15, 0.2) is 5.76 Å². The molecule has 0 fully saturated rings. The van der Waals surface area contributed by atoms with E-state index in [1.807, 2.05) is 19.9 Å². The molecule has 1 aliphatic rings. The van der Waals surface area contributed by atoms with Crippen molar-refractivity contribution in [3.63, 3.8) is 0 Å². The molecule has 0 saturated carbocycles. The van der Waals surface area contributed by atoms with E-state index in [1.54, 1.807) is 38.2 Å². The number of Topliss-reactive ketones (excluding diaryl/α,β-unsaturated/α-hetero) is 1. The standard InChI is InChI=1S/C26H28O6/c1-5-7-11-26(12-8-6-2)22-20(14-18(28)25(26)31)32-19-13-17(27)16(10-9-15(3)4)23(29)21(19)24(22)30/h5-9,13-14,27-29H,10-12H2,1-4H3. The van der Waals surface area contributed by atoms with E-state index in [9.17, 15) is 24.9 Å². The van der Waals surface area contributed by atoms with Crippen LogP contribution in [0, 0.1) is 0 Å². The SMILES string of the molecule is CC=CCC1(CC=CC)C(=O)C(O)=Cc2oc3cc(O)c(CC=C(C)C)c(O)c3c(=O)c21. The molecule has 3 rings (SSSR count). The summed E-state index contributed by atoms with van der Waals surface area (Å²) >= 11 is 0. The molecule has 0 radical (unpaired) electrons. The van der Waals surface area contributed by atoms with Crippen LogP contribution >= 0.6 is 0 Å². The minimum absolute atomic E-state index is 0.0194. The van der Waals surface area contributed by atoms with Crippen LogP contribution in [0.1, 0.15) is 57.4 Å². The molecule has 0 bridgehead atoms. The third kappa shape index (κ3) is 3.77. The molecule has 6 nitrogen and oxygen atoms in total. The van der Waals surface area contributed by atoms with Crippen molar-refractivity contribution in [2.45, 2.75) is 52.4 Å².